The van der Waals surface area contributed by atoms with Gasteiger partial charge in [-0.2, -0.15) is 0 Å². The molecule has 0 saturated heterocycles. The molecular formula is C22H18Cl2N2O. The maximum atomic E-state index is 6.46. The number of pyridine rings is 1. The van der Waals surface area contributed by atoms with Crippen molar-refractivity contribution in [3.05, 3.63) is 70.0 Å². The predicted molar refractivity (Wildman–Crippen MR) is 113 cm³/mol. The van der Waals surface area contributed by atoms with E-state index in [9.17, 15) is 0 Å². The predicted octanol–water partition coefficient (Wildman–Crippen LogP) is 6.43. The molecule has 0 amide bonds. The Labute approximate surface area is 169 Å². The number of nitrogens with one attached hydrogen (secondary N) is 1. The summed E-state index contributed by atoms with van der Waals surface area (Å²) < 4.78 is 5.47. The van der Waals surface area contributed by atoms with Gasteiger partial charge in [-0.1, -0.05) is 41.3 Å². The lowest BCUT2D eigenvalue weighted by Crippen LogP contribution is -1.99. The molecule has 1 N–H and O–H groups in total. The zero-order valence-corrected chi connectivity index (χ0v) is 16.5. The number of benzene rings is 2. The van der Waals surface area contributed by atoms with Gasteiger partial charge in [-0.15, -0.1) is 6.42 Å². The van der Waals surface area contributed by atoms with Crippen molar-refractivity contribution in [2.75, 3.05) is 11.9 Å². The molecule has 0 atom stereocenters. The molecule has 0 unspecified atom stereocenters. The van der Waals surface area contributed by atoms with Crippen molar-refractivity contribution in [1.29, 1.82) is 0 Å². The second-order valence-corrected chi connectivity index (χ2v) is 6.87. The van der Waals surface area contributed by atoms with E-state index in [2.05, 4.69) is 16.2 Å². The Balaban J connectivity index is 1.99. The number of halogens is 2. The Morgan fingerprint density at radius 1 is 1.07 bits per heavy atom. The Morgan fingerprint density at radius 3 is 2.59 bits per heavy atom. The standard InChI is InChI=1S/C22H18Cl2N2O/c1-4-11-27-16-6-8-19(15(3)13-16)26-20-9-10-25-22(24)21(20)17-7-5-14(2)12-18(17)23/h1,5-10,12-13H,11H2,2-3H3,(H,25,26). The summed E-state index contributed by atoms with van der Waals surface area (Å²) in [6.07, 6.45) is 6.90. The summed E-state index contributed by atoms with van der Waals surface area (Å²) in [5.41, 5.74) is 5.43. The molecule has 3 rings (SSSR count). The van der Waals surface area contributed by atoms with Crippen molar-refractivity contribution in [2.45, 2.75) is 13.8 Å². The van der Waals surface area contributed by atoms with Crippen LogP contribution >= 0.6 is 23.2 Å². The fourth-order valence-electron chi connectivity index (χ4n) is 2.76. The van der Waals surface area contributed by atoms with Gasteiger partial charge in [0.2, 0.25) is 0 Å². The van der Waals surface area contributed by atoms with Crippen LogP contribution < -0.4 is 10.1 Å². The highest BCUT2D eigenvalue weighted by Gasteiger charge is 2.15. The molecular weight excluding hydrogens is 379 g/mol. The van der Waals surface area contributed by atoms with Crippen LogP contribution in [0, 0.1) is 26.2 Å². The first-order valence-corrected chi connectivity index (χ1v) is 9.10. The Kier molecular flexibility index (Phi) is 5.91. The van der Waals surface area contributed by atoms with Gasteiger partial charge in [0.25, 0.3) is 0 Å². The van der Waals surface area contributed by atoms with E-state index in [1.165, 1.54) is 0 Å². The van der Waals surface area contributed by atoms with Crippen LogP contribution in [0.2, 0.25) is 10.2 Å². The molecule has 0 aliphatic rings. The number of hydrogen-bond donors (Lipinski definition) is 1. The lowest BCUT2D eigenvalue weighted by Gasteiger charge is -2.16. The second-order valence-electron chi connectivity index (χ2n) is 6.10. The van der Waals surface area contributed by atoms with Gasteiger partial charge in [0.05, 0.1) is 5.69 Å². The monoisotopic (exact) mass is 396 g/mol. The fraction of sp³-hybridized carbons (Fsp3) is 0.136. The van der Waals surface area contributed by atoms with E-state index in [4.69, 9.17) is 34.4 Å². The van der Waals surface area contributed by atoms with E-state index in [-0.39, 0.29) is 6.61 Å². The van der Waals surface area contributed by atoms with Crippen LogP contribution in [-0.4, -0.2) is 11.6 Å². The SMILES string of the molecule is C#CCOc1ccc(Nc2ccnc(Cl)c2-c2ccc(C)cc2Cl)c(C)c1. The van der Waals surface area contributed by atoms with E-state index in [1.54, 1.807) is 6.20 Å². The third kappa shape index (κ3) is 4.36. The van der Waals surface area contributed by atoms with E-state index >= 15 is 0 Å². The number of nitrogens with zero attached hydrogens (tertiary/aromatic N) is 1. The van der Waals surface area contributed by atoms with Gasteiger partial charge in [-0.25, -0.2) is 4.98 Å². The van der Waals surface area contributed by atoms with Crippen LogP contribution in [0.5, 0.6) is 5.75 Å². The van der Waals surface area contributed by atoms with Gasteiger partial charge in [-0.3, -0.25) is 0 Å². The lowest BCUT2D eigenvalue weighted by atomic mass is 10.0. The highest BCUT2D eigenvalue weighted by molar-refractivity contribution is 6.36. The molecule has 0 aliphatic heterocycles. The molecule has 0 radical (unpaired) electrons. The smallest absolute Gasteiger partial charge is 0.148 e. The van der Waals surface area contributed by atoms with Crippen molar-refractivity contribution >= 4 is 34.6 Å². The summed E-state index contributed by atoms with van der Waals surface area (Å²) in [4.78, 5) is 4.22. The second kappa shape index (κ2) is 8.35. The van der Waals surface area contributed by atoms with E-state index in [0.29, 0.717) is 10.2 Å². The minimum atomic E-state index is 0.238. The van der Waals surface area contributed by atoms with Gasteiger partial charge < -0.3 is 10.1 Å². The molecule has 1 heterocycles. The van der Waals surface area contributed by atoms with Gasteiger partial charge in [0, 0.05) is 28.0 Å². The highest BCUT2D eigenvalue weighted by Crippen LogP contribution is 2.39. The Morgan fingerprint density at radius 2 is 1.89 bits per heavy atom. The minimum Gasteiger partial charge on any atom is -0.481 e. The van der Waals surface area contributed by atoms with E-state index in [1.807, 2.05) is 56.3 Å². The summed E-state index contributed by atoms with van der Waals surface area (Å²) in [6.45, 7) is 4.22. The molecule has 0 bridgehead atoms. The van der Waals surface area contributed by atoms with Crippen LogP contribution in [0.1, 0.15) is 11.1 Å². The van der Waals surface area contributed by atoms with Crippen molar-refractivity contribution in [1.82, 2.24) is 4.98 Å². The number of aromatic nitrogens is 1. The number of terminal acetylenes is 1. The molecule has 1 aromatic heterocycles. The summed E-state index contributed by atoms with van der Waals surface area (Å²) in [7, 11) is 0. The molecule has 0 saturated carbocycles. The molecule has 0 aliphatic carbocycles. The highest BCUT2D eigenvalue weighted by atomic mass is 35.5. The van der Waals surface area contributed by atoms with Crippen molar-refractivity contribution in [3.8, 4) is 29.2 Å². The summed E-state index contributed by atoms with van der Waals surface area (Å²) >= 11 is 12.9. The molecule has 2 aromatic carbocycles. The maximum Gasteiger partial charge on any atom is 0.148 e. The number of ether oxygens (including phenoxy) is 1. The van der Waals surface area contributed by atoms with Gasteiger partial charge in [-0.05, 0) is 55.3 Å². The van der Waals surface area contributed by atoms with Crippen molar-refractivity contribution in [3.63, 3.8) is 0 Å². The molecule has 5 heteroatoms. The summed E-state index contributed by atoms with van der Waals surface area (Å²) in [5.74, 6) is 3.19. The van der Waals surface area contributed by atoms with Crippen molar-refractivity contribution < 1.29 is 4.74 Å². The van der Waals surface area contributed by atoms with Crippen molar-refractivity contribution in [2.24, 2.45) is 0 Å². The minimum absolute atomic E-state index is 0.238. The van der Waals surface area contributed by atoms with Crippen LogP contribution in [0.15, 0.2) is 48.7 Å². The van der Waals surface area contributed by atoms with E-state index < -0.39 is 0 Å². The third-order valence-corrected chi connectivity index (χ3v) is 4.69. The van der Waals surface area contributed by atoms with E-state index in [0.717, 1.165) is 39.4 Å². The van der Waals surface area contributed by atoms with Gasteiger partial charge in [0.1, 0.15) is 17.5 Å². The number of aryl methyl sites for hydroxylation is 2. The van der Waals surface area contributed by atoms with Crippen LogP contribution in [-0.2, 0) is 0 Å². The number of hydrogen-bond acceptors (Lipinski definition) is 3. The zero-order chi connectivity index (χ0) is 19.4. The first kappa shape index (κ1) is 19.1. The molecule has 0 spiro atoms. The van der Waals surface area contributed by atoms with Crippen LogP contribution in [0.3, 0.4) is 0 Å². The van der Waals surface area contributed by atoms with Crippen LogP contribution in [0.4, 0.5) is 11.4 Å². The largest absolute Gasteiger partial charge is 0.481 e. The Bertz CT molecular complexity index is 1030. The molecule has 3 aromatic rings. The number of anilines is 2. The average Bonchev–Trinajstić information content (AvgIpc) is 2.63. The van der Waals surface area contributed by atoms with Gasteiger partial charge in [0.15, 0.2) is 0 Å². The fourth-order valence-corrected chi connectivity index (χ4v) is 3.35. The summed E-state index contributed by atoms with van der Waals surface area (Å²) in [6, 6.07) is 13.5. The first-order chi connectivity index (χ1) is 13.0. The molecule has 136 valence electrons. The third-order valence-electron chi connectivity index (χ3n) is 4.09. The lowest BCUT2D eigenvalue weighted by molar-refractivity contribution is 0.370. The topological polar surface area (TPSA) is 34.1 Å². The quantitative estimate of drug-likeness (QED) is 0.398. The first-order valence-electron chi connectivity index (χ1n) is 8.34. The van der Waals surface area contributed by atoms with Gasteiger partial charge >= 0.3 is 0 Å². The van der Waals surface area contributed by atoms with Crippen LogP contribution in [0.25, 0.3) is 11.1 Å². The summed E-state index contributed by atoms with van der Waals surface area (Å²) in [5, 5.41) is 4.44. The molecule has 3 nitrogen and oxygen atoms in total. The Hall–Kier alpha value is -2.67. The molecule has 0 fully saturated rings. The zero-order valence-electron chi connectivity index (χ0n) is 15.0. The average molecular weight is 397 g/mol. The molecule has 27 heavy (non-hydrogen) atoms. The normalized spacial score (nSPS) is 10.3. The number of rotatable bonds is 5. The maximum absolute atomic E-state index is 6.46.